The molecule has 0 aliphatic carbocycles. The van der Waals surface area contributed by atoms with Gasteiger partial charge in [0.15, 0.2) is 0 Å². The average molecular weight is 217 g/mol. The van der Waals surface area contributed by atoms with Gasteiger partial charge in [0.2, 0.25) is 5.91 Å². The van der Waals surface area contributed by atoms with Crippen LogP contribution in [-0.2, 0) is 4.79 Å². The first kappa shape index (κ1) is 11.9. The van der Waals surface area contributed by atoms with E-state index in [0.29, 0.717) is 18.1 Å². The van der Waals surface area contributed by atoms with Crippen LogP contribution in [0, 0.1) is 5.92 Å². The van der Waals surface area contributed by atoms with Gasteiger partial charge in [0.25, 0.3) is 0 Å². The number of piperidine rings is 1. The molecule has 0 aromatic rings. The highest BCUT2D eigenvalue weighted by molar-refractivity contribution is 7.80. The van der Waals surface area contributed by atoms with E-state index in [1.54, 1.807) is 0 Å². The molecule has 0 radical (unpaired) electrons. The van der Waals surface area contributed by atoms with Gasteiger partial charge in [0.1, 0.15) is 0 Å². The van der Waals surface area contributed by atoms with Crippen molar-refractivity contribution in [2.24, 2.45) is 5.92 Å². The number of carbonyl (C=O) groups is 1. The molecule has 1 atom stereocenters. The Labute approximate surface area is 90.9 Å². The molecule has 3 nitrogen and oxygen atoms in total. The third-order valence-corrected chi connectivity index (χ3v) is 3.12. The fraction of sp³-hybridized carbons (Fsp3) is 0.900. The number of nitrogens with zero attached hydrogens (tertiary/aromatic N) is 1. The molecule has 1 unspecified atom stereocenters. The minimum absolute atomic E-state index is 0.198. The van der Waals surface area contributed by atoms with Gasteiger partial charge in [-0.25, -0.2) is 0 Å². The lowest BCUT2D eigenvalue weighted by Gasteiger charge is -2.33. The molecule has 1 aliphatic heterocycles. The first-order valence-electron chi connectivity index (χ1n) is 5.22. The first-order chi connectivity index (χ1) is 6.65. The first-order valence-corrected chi connectivity index (χ1v) is 5.85. The topological polar surface area (TPSA) is 40.5 Å². The summed E-state index contributed by atoms with van der Waals surface area (Å²) in [6, 6.07) is 0. The Balaban J connectivity index is 2.31. The number of hydrogen-bond donors (Lipinski definition) is 2. The van der Waals surface area contributed by atoms with Crippen LogP contribution in [0.2, 0.25) is 0 Å². The van der Waals surface area contributed by atoms with E-state index in [2.05, 4.69) is 12.6 Å². The molecular formula is C10H19NO2S. The van der Waals surface area contributed by atoms with Gasteiger partial charge in [0, 0.05) is 19.5 Å². The second-order valence-corrected chi connectivity index (χ2v) is 4.38. The standard InChI is InChI=1S/C10H19NO2S/c1-8(12)9-2-5-11(6-3-9)10(13)4-7-14/h8-9,12,14H,2-7H2,1H3. The lowest BCUT2D eigenvalue weighted by molar-refractivity contribution is -0.132. The van der Waals surface area contributed by atoms with Gasteiger partial charge < -0.3 is 10.0 Å². The van der Waals surface area contributed by atoms with Crippen molar-refractivity contribution in [1.82, 2.24) is 4.90 Å². The predicted octanol–water partition coefficient (Wildman–Crippen LogP) is 0.926. The molecule has 1 heterocycles. The number of likely N-dealkylation sites (tertiary alicyclic amines) is 1. The maximum Gasteiger partial charge on any atom is 0.223 e. The summed E-state index contributed by atoms with van der Waals surface area (Å²) >= 11 is 4.04. The summed E-state index contributed by atoms with van der Waals surface area (Å²) in [6.45, 7) is 3.42. The Hall–Kier alpha value is -0.220. The number of rotatable bonds is 3. The number of aliphatic hydroxyl groups excluding tert-OH is 1. The summed E-state index contributed by atoms with van der Waals surface area (Å²) in [5, 5.41) is 9.39. The molecule has 0 saturated carbocycles. The smallest absolute Gasteiger partial charge is 0.223 e. The SMILES string of the molecule is CC(O)C1CCN(C(=O)CCS)CC1. The normalized spacial score (nSPS) is 20.9. The molecule has 4 heteroatoms. The van der Waals surface area contributed by atoms with Crippen molar-refractivity contribution in [2.45, 2.75) is 32.3 Å². The predicted molar refractivity (Wildman–Crippen MR) is 59.5 cm³/mol. The second kappa shape index (κ2) is 5.61. The molecule has 1 saturated heterocycles. The van der Waals surface area contributed by atoms with E-state index in [4.69, 9.17) is 0 Å². The van der Waals surface area contributed by atoms with Gasteiger partial charge >= 0.3 is 0 Å². The van der Waals surface area contributed by atoms with Crippen LogP contribution in [0.25, 0.3) is 0 Å². The highest BCUT2D eigenvalue weighted by atomic mass is 32.1. The van der Waals surface area contributed by atoms with Crippen molar-refractivity contribution in [1.29, 1.82) is 0 Å². The van der Waals surface area contributed by atoms with Gasteiger partial charge in [-0.3, -0.25) is 4.79 Å². The molecule has 1 N–H and O–H groups in total. The number of amides is 1. The zero-order valence-corrected chi connectivity index (χ0v) is 9.54. The van der Waals surface area contributed by atoms with Crippen molar-refractivity contribution >= 4 is 18.5 Å². The van der Waals surface area contributed by atoms with Crippen LogP contribution in [0.3, 0.4) is 0 Å². The van der Waals surface area contributed by atoms with Crippen LogP contribution >= 0.6 is 12.6 Å². The zero-order valence-electron chi connectivity index (χ0n) is 8.65. The molecule has 1 amide bonds. The number of carbonyl (C=O) groups excluding carboxylic acids is 1. The quantitative estimate of drug-likeness (QED) is 0.690. The molecular weight excluding hydrogens is 198 g/mol. The van der Waals surface area contributed by atoms with Gasteiger partial charge in [-0.15, -0.1) is 0 Å². The third kappa shape index (κ3) is 3.17. The van der Waals surface area contributed by atoms with E-state index >= 15 is 0 Å². The van der Waals surface area contributed by atoms with Crippen molar-refractivity contribution in [3.8, 4) is 0 Å². The largest absolute Gasteiger partial charge is 0.393 e. The van der Waals surface area contributed by atoms with Crippen molar-refractivity contribution < 1.29 is 9.90 Å². The van der Waals surface area contributed by atoms with Crippen LogP contribution in [0.1, 0.15) is 26.2 Å². The summed E-state index contributed by atoms with van der Waals surface area (Å²) in [4.78, 5) is 13.4. The van der Waals surface area contributed by atoms with E-state index < -0.39 is 0 Å². The van der Waals surface area contributed by atoms with Crippen LogP contribution in [0.5, 0.6) is 0 Å². The summed E-state index contributed by atoms with van der Waals surface area (Å²) in [7, 11) is 0. The Morgan fingerprint density at radius 3 is 2.57 bits per heavy atom. The van der Waals surface area contributed by atoms with Gasteiger partial charge in [-0.05, 0) is 31.4 Å². The summed E-state index contributed by atoms with van der Waals surface area (Å²) in [5.74, 6) is 1.19. The van der Waals surface area contributed by atoms with E-state index in [0.717, 1.165) is 25.9 Å². The molecule has 82 valence electrons. The molecule has 1 rings (SSSR count). The average Bonchev–Trinajstić information content (AvgIpc) is 2.18. The minimum atomic E-state index is -0.239. The van der Waals surface area contributed by atoms with Crippen LogP contribution in [0.4, 0.5) is 0 Å². The number of aliphatic hydroxyl groups is 1. The molecule has 1 aliphatic rings. The van der Waals surface area contributed by atoms with Gasteiger partial charge in [-0.1, -0.05) is 0 Å². The highest BCUT2D eigenvalue weighted by Gasteiger charge is 2.24. The minimum Gasteiger partial charge on any atom is -0.393 e. The Morgan fingerprint density at radius 1 is 1.57 bits per heavy atom. The molecule has 0 spiro atoms. The lowest BCUT2D eigenvalue weighted by atomic mass is 9.92. The Kier molecular flexibility index (Phi) is 4.75. The number of hydrogen-bond acceptors (Lipinski definition) is 3. The summed E-state index contributed by atoms with van der Waals surface area (Å²) in [5.41, 5.74) is 0. The van der Waals surface area contributed by atoms with Crippen LogP contribution in [0.15, 0.2) is 0 Å². The fourth-order valence-corrected chi connectivity index (χ4v) is 2.08. The van der Waals surface area contributed by atoms with Gasteiger partial charge in [-0.2, -0.15) is 12.6 Å². The Bertz CT molecular complexity index is 189. The van der Waals surface area contributed by atoms with E-state index in [9.17, 15) is 9.90 Å². The molecule has 1 fully saturated rings. The van der Waals surface area contributed by atoms with Crippen molar-refractivity contribution in [2.75, 3.05) is 18.8 Å². The zero-order chi connectivity index (χ0) is 10.6. The summed E-state index contributed by atoms with van der Waals surface area (Å²) in [6.07, 6.45) is 2.14. The fourth-order valence-electron chi connectivity index (χ4n) is 1.89. The van der Waals surface area contributed by atoms with Crippen LogP contribution < -0.4 is 0 Å². The van der Waals surface area contributed by atoms with Crippen molar-refractivity contribution in [3.63, 3.8) is 0 Å². The maximum atomic E-state index is 11.5. The van der Waals surface area contributed by atoms with E-state index in [-0.39, 0.29) is 12.0 Å². The molecule has 0 aromatic heterocycles. The summed E-state index contributed by atoms with van der Waals surface area (Å²) < 4.78 is 0. The maximum absolute atomic E-state index is 11.5. The third-order valence-electron chi connectivity index (χ3n) is 2.90. The van der Waals surface area contributed by atoms with E-state index in [1.807, 2.05) is 11.8 Å². The highest BCUT2D eigenvalue weighted by Crippen LogP contribution is 2.20. The van der Waals surface area contributed by atoms with Crippen molar-refractivity contribution in [3.05, 3.63) is 0 Å². The lowest BCUT2D eigenvalue weighted by Crippen LogP contribution is -2.40. The van der Waals surface area contributed by atoms with Gasteiger partial charge in [0.05, 0.1) is 6.10 Å². The van der Waals surface area contributed by atoms with Crippen LogP contribution in [-0.4, -0.2) is 40.9 Å². The van der Waals surface area contributed by atoms with E-state index in [1.165, 1.54) is 0 Å². The molecule has 0 aromatic carbocycles. The number of thiol groups is 1. The molecule has 14 heavy (non-hydrogen) atoms. The second-order valence-electron chi connectivity index (χ2n) is 3.93. The monoisotopic (exact) mass is 217 g/mol. The molecule has 0 bridgehead atoms. The Morgan fingerprint density at radius 2 is 2.14 bits per heavy atom.